The Labute approximate surface area is 286 Å². The number of nitrogens with zero attached hydrogens (tertiary/aromatic N) is 3. The Morgan fingerprint density at radius 2 is 1.35 bits per heavy atom. The first-order chi connectivity index (χ1) is 23.9. The third kappa shape index (κ3) is 6.59. The second-order valence-electron chi connectivity index (χ2n) is 11.7. The van der Waals surface area contributed by atoms with Gasteiger partial charge in [-0.05, 0) is 74.0 Å². The lowest BCUT2D eigenvalue weighted by atomic mass is 10.0. The molecule has 4 aromatic carbocycles. The van der Waals surface area contributed by atoms with Crippen molar-refractivity contribution in [2.75, 3.05) is 24.0 Å². The van der Waals surface area contributed by atoms with Crippen molar-refractivity contribution in [2.24, 2.45) is 0 Å². The maximum Gasteiger partial charge on any atom is 0.419 e. The van der Waals surface area contributed by atoms with Crippen LogP contribution in [0.2, 0.25) is 0 Å². The number of rotatable bonds is 10. The van der Waals surface area contributed by atoms with E-state index >= 15 is 4.39 Å². The molecule has 51 heavy (non-hydrogen) atoms. The molecule has 1 heterocycles. The van der Waals surface area contributed by atoms with Crippen molar-refractivity contribution in [2.45, 2.75) is 32.1 Å². The van der Waals surface area contributed by atoms with E-state index in [-0.39, 0.29) is 45.3 Å². The topological polar surface area (TPSA) is 137 Å². The SMILES string of the molecule is COc1cc(N(c2ccc(C(=O)O)c(OC)c2)c2cc(F)ccc2CN2C(=O)N(c3ccc(F)c(C(F)(F)F)c3)C(=O)C2(C)C)ccc1C(=O)O. The van der Waals surface area contributed by atoms with Crippen molar-refractivity contribution in [1.29, 1.82) is 0 Å². The molecule has 11 nitrogen and oxygen atoms in total. The molecule has 3 amide bonds. The van der Waals surface area contributed by atoms with Crippen LogP contribution in [-0.4, -0.2) is 58.7 Å². The molecule has 0 atom stereocenters. The summed E-state index contributed by atoms with van der Waals surface area (Å²) in [4.78, 5) is 54.1. The smallest absolute Gasteiger partial charge is 0.419 e. The van der Waals surface area contributed by atoms with Crippen LogP contribution in [-0.2, 0) is 17.5 Å². The summed E-state index contributed by atoms with van der Waals surface area (Å²) < 4.78 is 80.4. The minimum absolute atomic E-state index is 0.0286. The highest BCUT2D eigenvalue weighted by Gasteiger charge is 2.52. The predicted octanol–water partition coefficient (Wildman–Crippen LogP) is 7.61. The van der Waals surface area contributed by atoms with Crippen LogP contribution >= 0.6 is 0 Å². The van der Waals surface area contributed by atoms with Crippen LogP contribution in [0.15, 0.2) is 72.8 Å². The van der Waals surface area contributed by atoms with Gasteiger partial charge >= 0.3 is 24.1 Å². The van der Waals surface area contributed by atoms with Crippen molar-refractivity contribution in [3.05, 3.63) is 107 Å². The quantitative estimate of drug-likeness (QED) is 0.126. The monoisotopic (exact) mass is 713 g/mol. The molecule has 2 N–H and O–H groups in total. The van der Waals surface area contributed by atoms with Gasteiger partial charge in [0.2, 0.25) is 0 Å². The van der Waals surface area contributed by atoms with Crippen LogP contribution in [0.5, 0.6) is 11.5 Å². The standard InChI is InChI=1S/C35H28F5N3O8/c1-34(2)32(48)43(20-9-12-26(37)25(14-20)35(38,39)40)33(49)41(34)17-18-5-6-19(36)13-27(18)42(21-7-10-23(30(44)45)28(15-21)50-3)22-8-11-24(31(46)47)29(16-22)51-4/h5-16H,17H2,1-4H3,(H,44,45)(H,46,47). The number of anilines is 4. The first-order valence-electron chi connectivity index (χ1n) is 14.8. The highest BCUT2D eigenvalue weighted by molar-refractivity contribution is 6.23. The highest BCUT2D eigenvalue weighted by atomic mass is 19.4. The van der Waals surface area contributed by atoms with Gasteiger partial charge in [0.1, 0.15) is 39.8 Å². The predicted molar refractivity (Wildman–Crippen MR) is 172 cm³/mol. The van der Waals surface area contributed by atoms with Gasteiger partial charge in [0.25, 0.3) is 5.91 Å². The van der Waals surface area contributed by atoms with Crippen LogP contribution in [0, 0.1) is 11.6 Å². The van der Waals surface area contributed by atoms with Gasteiger partial charge in [-0.25, -0.2) is 28.1 Å². The number of carbonyl (C=O) groups is 4. The Morgan fingerprint density at radius 3 is 1.84 bits per heavy atom. The molecule has 0 radical (unpaired) electrons. The van der Waals surface area contributed by atoms with Crippen LogP contribution in [0.4, 0.5) is 49.5 Å². The van der Waals surface area contributed by atoms with E-state index in [1.165, 1.54) is 75.4 Å². The number of carbonyl (C=O) groups excluding carboxylic acids is 2. The number of imide groups is 1. The first-order valence-corrected chi connectivity index (χ1v) is 14.8. The fourth-order valence-corrected chi connectivity index (χ4v) is 5.67. The average molecular weight is 714 g/mol. The molecule has 0 saturated carbocycles. The van der Waals surface area contributed by atoms with E-state index in [2.05, 4.69) is 0 Å². The number of ether oxygens (including phenoxy) is 2. The second-order valence-corrected chi connectivity index (χ2v) is 11.7. The number of benzene rings is 4. The van der Waals surface area contributed by atoms with Gasteiger partial charge in [0, 0.05) is 23.5 Å². The largest absolute Gasteiger partial charge is 0.496 e. The second kappa shape index (κ2) is 13.3. The van der Waals surface area contributed by atoms with Crippen molar-refractivity contribution in [1.82, 2.24) is 4.90 Å². The van der Waals surface area contributed by atoms with Crippen molar-refractivity contribution >= 4 is 46.6 Å². The number of amides is 3. The van der Waals surface area contributed by atoms with Gasteiger partial charge in [-0.15, -0.1) is 0 Å². The van der Waals surface area contributed by atoms with E-state index in [1.807, 2.05) is 0 Å². The van der Waals surface area contributed by atoms with Crippen molar-refractivity contribution in [3.63, 3.8) is 0 Å². The minimum atomic E-state index is -5.12. The molecule has 1 aliphatic heterocycles. The van der Waals surface area contributed by atoms with Crippen LogP contribution < -0.4 is 19.3 Å². The van der Waals surface area contributed by atoms with Crippen molar-refractivity contribution in [3.8, 4) is 11.5 Å². The Kier molecular flexibility index (Phi) is 9.39. The molecule has 0 aromatic heterocycles. The summed E-state index contributed by atoms with van der Waals surface area (Å²) in [6, 6.07) is 12.0. The molecule has 1 fully saturated rings. The van der Waals surface area contributed by atoms with E-state index in [4.69, 9.17) is 9.47 Å². The third-order valence-corrected chi connectivity index (χ3v) is 8.30. The number of carboxylic acids is 2. The van der Waals surface area contributed by atoms with E-state index in [0.717, 1.165) is 23.1 Å². The Bertz CT molecular complexity index is 2020. The lowest BCUT2D eigenvalue weighted by molar-refractivity contribution is -0.140. The van der Waals surface area contributed by atoms with Gasteiger partial charge in [-0.3, -0.25) is 4.79 Å². The lowest BCUT2D eigenvalue weighted by Gasteiger charge is -2.32. The summed E-state index contributed by atoms with van der Waals surface area (Å²) >= 11 is 0. The summed E-state index contributed by atoms with van der Waals surface area (Å²) in [5, 5.41) is 19.3. The Balaban J connectivity index is 1.67. The summed E-state index contributed by atoms with van der Waals surface area (Å²) in [5.74, 6) is -6.09. The molecule has 5 rings (SSSR count). The highest BCUT2D eigenvalue weighted by Crippen LogP contribution is 2.43. The normalized spacial score (nSPS) is 14.1. The van der Waals surface area contributed by atoms with E-state index in [0.29, 0.717) is 17.0 Å². The molecule has 0 spiro atoms. The van der Waals surface area contributed by atoms with E-state index < -0.39 is 65.0 Å². The zero-order chi connectivity index (χ0) is 37.6. The molecule has 266 valence electrons. The van der Waals surface area contributed by atoms with Gasteiger partial charge in [0.15, 0.2) is 0 Å². The zero-order valence-corrected chi connectivity index (χ0v) is 27.2. The minimum Gasteiger partial charge on any atom is -0.496 e. The van der Waals surface area contributed by atoms with Gasteiger partial charge in [-0.1, -0.05) is 6.07 Å². The van der Waals surface area contributed by atoms with Crippen LogP contribution in [0.25, 0.3) is 0 Å². The number of hydrogen-bond donors (Lipinski definition) is 2. The summed E-state index contributed by atoms with van der Waals surface area (Å²) in [5.41, 5.74) is -3.72. The number of alkyl halides is 3. The van der Waals surface area contributed by atoms with E-state index in [1.54, 1.807) is 0 Å². The van der Waals surface area contributed by atoms with Crippen molar-refractivity contribution < 1.29 is 60.8 Å². The maximum absolute atomic E-state index is 15.1. The number of urea groups is 1. The molecular weight excluding hydrogens is 685 g/mol. The third-order valence-electron chi connectivity index (χ3n) is 8.30. The molecule has 1 saturated heterocycles. The fraction of sp³-hybridized carbons (Fsp3) is 0.200. The number of halogens is 5. The lowest BCUT2D eigenvalue weighted by Crippen LogP contribution is -2.43. The molecule has 1 aliphatic rings. The number of hydrogen-bond acceptors (Lipinski definition) is 7. The molecule has 16 heteroatoms. The molecule has 4 aromatic rings. The van der Waals surface area contributed by atoms with Gasteiger partial charge in [0.05, 0.1) is 37.7 Å². The number of carboxylic acid groups (broad SMARTS) is 2. The summed E-state index contributed by atoms with van der Waals surface area (Å²) in [6.07, 6.45) is -5.12. The van der Waals surface area contributed by atoms with Crippen LogP contribution in [0.1, 0.15) is 45.7 Å². The first kappa shape index (κ1) is 36.1. The van der Waals surface area contributed by atoms with Crippen LogP contribution in [0.3, 0.4) is 0 Å². The Hall–Kier alpha value is -6.19. The number of methoxy groups -OCH3 is 2. The molecule has 0 aliphatic carbocycles. The average Bonchev–Trinajstić information content (AvgIpc) is 3.23. The van der Waals surface area contributed by atoms with E-state index in [9.17, 15) is 47.0 Å². The Morgan fingerprint density at radius 1 is 0.804 bits per heavy atom. The molecular formula is C35H28F5N3O8. The summed E-state index contributed by atoms with van der Waals surface area (Å²) in [7, 11) is 2.47. The molecule has 0 unspecified atom stereocenters. The zero-order valence-electron chi connectivity index (χ0n) is 27.2. The van der Waals surface area contributed by atoms with Gasteiger partial charge < -0.3 is 29.5 Å². The number of aromatic carboxylic acids is 2. The fourth-order valence-electron chi connectivity index (χ4n) is 5.67. The van der Waals surface area contributed by atoms with Gasteiger partial charge in [-0.2, -0.15) is 13.2 Å². The summed E-state index contributed by atoms with van der Waals surface area (Å²) in [6.45, 7) is 2.28. The molecule has 0 bridgehead atoms. The maximum atomic E-state index is 15.1.